The molecule has 1 aliphatic rings. The zero-order valence-electron chi connectivity index (χ0n) is 21.6. The minimum atomic E-state index is -0.739. The lowest BCUT2D eigenvalue weighted by atomic mass is 9.96. The predicted molar refractivity (Wildman–Crippen MR) is 146 cm³/mol. The fourth-order valence-corrected chi connectivity index (χ4v) is 4.96. The van der Waals surface area contributed by atoms with E-state index in [-0.39, 0.29) is 11.3 Å². The molecule has 1 fully saturated rings. The van der Waals surface area contributed by atoms with E-state index in [1.54, 1.807) is 22.4 Å². The highest BCUT2D eigenvalue weighted by molar-refractivity contribution is 6.46. The minimum absolute atomic E-state index is 0.0662. The van der Waals surface area contributed by atoms with Gasteiger partial charge in [0.15, 0.2) is 5.76 Å². The first-order valence-corrected chi connectivity index (χ1v) is 13.0. The van der Waals surface area contributed by atoms with Crippen LogP contribution in [0.1, 0.15) is 48.3 Å². The monoisotopic (exact) mass is 509 g/mol. The number of amides is 1. The van der Waals surface area contributed by atoms with E-state index in [1.165, 1.54) is 0 Å². The number of Topliss-reactive ketones (excluding diaryl/α,β-unsaturated/α-hetero) is 1. The normalized spacial score (nSPS) is 16.9. The number of hydrogen-bond acceptors (Lipinski definition) is 5. The number of fused-ring (bicyclic) bond motifs is 1. The van der Waals surface area contributed by atoms with Crippen molar-refractivity contribution in [2.75, 3.05) is 13.2 Å². The van der Waals surface area contributed by atoms with Gasteiger partial charge in [0.1, 0.15) is 17.1 Å². The maximum Gasteiger partial charge on any atom is 0.295 e. The molecule has 1 amide bonds. The summed E-state index contributed by atoms with van der Waals surface area (Å²) >= 11 is 0. The summed E-state index contributed by atoms with van der Waals surface area (Å²) in [7, 11) is 0. The first-order valence-electron chi connectivity index (χ1n) is 13.0. The smallest absolute Gasteiger partial charge is 0.295 e. The summed E-state index contributed by atoms with van der Waals surface area (Å²) in [5.41, 5.74) is 3.49. The number of ether oxygens (including phenoxy) is 1. The molecule has 2 aromatic heterocycles. The molecule has 1 aliphatic heterocycles. The molecule has 3 heterocycles. The Balaban J connectivity index is 1.58. The number of hydrogen-bond donors (Lipinski definition) is 1. The highest BCUT2D eigenvalue weighted by Gasteiger charge is 2.46. The molecule has 1 N–H and O–H groups in total. The van der Waals surface area contributed by atoms with Crippen LogP contribution in [-0.4, -0.2) is 44.2 Å². The summed E-state index contributed by atoms with van der Waals surface area (Å²) in [4.78, 5) is 32.9. The zero-order valence-corrected chi connectivity index (χ0v) is 21.6. The standard InChI is InChI=1S/C31H31N3O4/c1-3-4-20-38-24-15-13-23(14-16-24)28-26(29(35)27-21(2)32-25-12-8-9-18-33(25)27)30(36)31(37)34(28)19-17-22-10-6-5-7-11-22/h5-16,18,28,35H,3-4,17,19-20H2,1-2H3/b29-26+. The molecule has 1 unspecified atom stereocenters. The Morgan fingerprint density at radius 1 is 1.00 bits per heavy atom. The molecule has 38 heavy (non-hydrogen) atoms. The number of rotatable bonds is 9. The lowest BCUT2D eigenvalue weighted by molar-refractivity contribution is -0.139. The van der Waals surface area contributed by atoms with E-state index in [0.29, 0.717) is 36.6 Å². The molecule has 0 bridgehead atoms. The van der Waals surface area contributed by atoms with Gasteiger partial charge in [0, 0.05) is 12.7 Å². The molecule has 7 nitrogen and oxygen atoms in total. The Hall–Kier alpha value is -4.39. The number of imidazole rings is 1. The van der Waals surface area contributed by atoms with Gasteiger partial charge < -0.3 is 14.7 Å². The Labute approximate surface area is 222 Å². The van der Waals surface area contributed by atoms with Crippen molar-refractivity contribution in [3.8, 4) is 5.75 Å². The first-order chi connectivity index (χ1) is 18.5. The number of aryl methyl sites for hydroxylation is 1. The number of benzene rings is 2. The third kappa shape index (κ3) is 4.79. The number of aliphatic hydroxyl groups is 1. The zero-order chi connectivity index (χ0) is 26.6. The van der Waals surface area contributed by atoms with Crippen molar-refractivity contribution >= 4 is 23.1 Å². The van der Waals surface area contributed by atoms with Crippen molar-refractivity contribution < 1.29 is 19.4 Å². The molecule has 5 rings (SSSR count). The van der Waals surface area contributed by atoms with Gasteiger partial charge in [0.05, 0.1) is 23.9 Å². The van der Waals surface area contributed by atoms with Crippen LogP contribution < -0.4 is 4.74 Å². The van der Waals surface area contributed by atoms with Crippen LogP contribution in [0.25, 0.3) is 11.4 Å². The predicted octanol–water partition coefficient (Wildman–Crippen LogP) is 5.49. The largest absolute Gasteiger partial charge is 0.505 e. The number of unbranched alkanes of at least 4 members (excludes halogenated alkanes) is 1. The van der Waals surface area contributed by atoms with E-state index in [4.69, 9.17) is 4.74 Å². The van der Waals surface area contributed by atoms with Crippen LogP contribution in [0.4, 0.5) is 0 Å². The Morgan fingerprint density at radius 2 is 1.74 bits per heavy atom. The summed E-state index contributed by atoms with van der Waals surface area (Å²) in [6.45, 7) is 4.84. The first kappa shape index (κ1) is 25.3. The minimum Gasteiger partial charge on any atom is -0.505 e. The number of carbonyl (C=O) groups excluding carboxylic acids is 2. The molecule has 1 saturated heterocycles. The molecule has 4 aromatic rings. The number of carbonyl (C=O) groups is 2. The van der Waals surface area contributed by atoms with Crippen molar-refractivity contribution in [2.45, 2.75) is 39.2 Å². The second kappa shape index (κ2) is 10.9. The number of aromatic nitrogens is 2. The van der Waals surface area contributed by atoms with Gasteiger partial charge in [-0.15, -0.1) is 0 Å². The van der Waals surface area contributed by atoms with Gasteiger partial charge in [-0.1, -0.05) is 61.9 Å². The Bertz CT molecular complexity index is 1490. The maximum atomic E-state index is 13.5. The van der Waals surface area contributed by atoms with Crippen LogP contribution >= 0.6 is 0 Å². The lowest BCUT2D eigenvalue weighted by Gasteiger charge is -2.25. The van der Waals surface area contributed by atoms with Crippen molar-refractivity contribution in [1.82, 2.24) is 14.3 Å². The molecule has 2 aromatic carbocycles. The van der Waals surface area contributed by atoms with Gasteiger partial charge in [-0.3, -0.25) is 14.0 Å². The van der Waals surface area contributed by atoms with Crippen LogP contribution in [0.3, 0.4) is 0 Å². The third-order valence-electron chi connectivity index (χ3n) is 6.92. The van der Waals surface area contributed by atoms with Crippen LogP contribution in [0.5, 0.6) is 5.75 Å². The topological polar surface area (TPSA) is 84.1 Å². The summed E-state index contributed by atoms with van der Waals surface area (Å²) in [6, 6.07) is 22.0. The van der Waals surface area contributed by atoms with E-state index in [0.717, 1.165) is 29.7 Å². The van der Waals surface area contributed by atoms with Crippen molar-refractivity contribution in [1.29, 1.82) is 0 Å². The van der Waals surface area contributed by atoms with Crippen molar-refractivity contribution in [3.05, 3.63) is 107 Å². The molecule has 194 valence electrons. The molecule has 1 atom stereocenters. The van der Waals surface area contributed by atoms with E-state index in [1.807, 2.05) is 72.8 Å². The average molecular weight is 510 g/mol. The number of pyridine rings is 1. The molecular formula is C31H31N3O4. The fraction of sp³-hybridized carbons (Fsp3) is 0.258. The summed E-state index contributed by atoms with van der Waals surface area (Å²) in [5.74, 6) is -0.826. The molecule has 0 radical (unpaired) electrons. The van der Waals surface area contributed by atoms with Gasteiger partial charge in [-0.2, -0.15) is 0 Å². The molecule has 0 aliphatic carbocycles. The van der Waals surface area contributed by atoms with Crippen LogP contribution in [0.2, 0.25) is 0 Å². The van der Waals surface area contributed by atoms with Crippen molar-refractivity contribution in [2.24, 2.45) is 0 Å². The summed E-state index contributed by atoms with van der Waals surface area (Å²) in [5, 5.41) is 11.6. The average Bonchev–Trinajstić information content (AvgIpc) is 3.40. The quantitative estimate of drug-likeness (QED) is 0.140. The number of nitrogens with zero attached hydrogens (tertiary/aromatic N) is 3. The van der Waals surface area contributed by atoms with Crippen LogP contribution in [-0.2, 0) is 16.0 Å². The Kier molecular flexibility index (Phi) is 7.26. The number of likely N-dealkylation sites (tertiary alicyclic amines) is 1. The van der Waals surface area contributed by atoms with Crippen LogP contribution in [0.15, 0.2) is 84.6 Å². The summed E-state index contributed by atoms with van der Waals surface area (Å²) in [6.07, 6.45) is 4.36. The van der Waals surface area contributed by atoms with Crippen molar-refractivity contribution in [3.63, 3.8) is 0 Å². The highest BCUT2D eigenvalue weighted by Crippen LogP contribution is 2.40. The fourth-order valence-electron chi connectivity index (χ4n) is 4.96. The van der Waals surface area contributed by atoms with E-state index < -0.39 is 17.7 Å². The molecule has 7 heteroatoms. The maximum absolute atomic E-state index is 13.5. The Morgan fingerprint density at radius 3 is 2.47 bits per heavy atom. The third-order valence-corrected chi connectivity index (χ3v) is 6.92. The summed E-state index contributed by atoms with van der Waals surface area (Å²) < 4.78 is 7.55. The van der Waals surface area contributed by atoms with Gasteiger partial charge in [-0.05, 0) is 55.2 Å². The SMILES string of the molecule is CCCCOc1ccc(C2/C(=C(\O)c3c(C)nc4ccccn34)C(=O)C(=O)N2CCc2ccccc2)cc1. The number of ketones is 1. The van der Waals surface area contributed by atoms with Gasteiger partial charge in [0.25, 0.3) is 11.7 Å². The molecule has 0 saturated carbocycles. The second-order valence-corrected chi connectivity index (χ2v) is 9.47. The van der Waals surface area contributed by atoms with E-state index in [2.05, 4.69) is 11.9 Å². The molecule has 0 spiro atoms. The highest BCUT2D eigenvalue weighted by atomic mass is 16.5. The second-order valence-electron chi connectivity index (χ2n) is 9.47. The van der Waals surface area contributed by atoms with E-state index in [9.17, 15) is 14.7 Å². The lowest BCUT2D eigenvalue weighted by Crippen LogP contribution is -2.31. The molecular weight excluding hydrogens is 478 g/mol. The number of aliphatic hydroxyl groups excluding tert-OH is 1. The van der Waals surface area contributed by atoms with E-state index >= 15 is 0 Å². The van der Waals surface area contributed by atoms with Crippen LogP contribution in [0, 0.1) is 6.92 Å². The van der Waals surface area contributed by atoms with Gasteiger partial charge in [-0.25, -0.2) is 4.98 Å². The van der Waals surface area contributed by atoms with Gasteiger partial charge in [0.2, 0.25) is 0 Å². The van der Waals surface area contributed by atoms with Gasteiger partial charge >= 0.3 is 0 Å².